The fraction of sp³-hybridized carbons (Fsp3) is 0.211. The van der Waals surface area contributed by atoms with Crippen molar-refractivity contribution in [2.45, 2.75) is 13.0 Å². The molecule has 1 aliphatic rings. The van der Waals surface area contributed by atoms with Gasteiger partial charge in [0.25, 0.3) is 0 Å². The van der Waals surface area contributed by atoms with Crippen LogP contribution in [0.25, 0.3) is 0 Å². The molecule has 2 amide bonds. The van der Waals surface area contributed by atoms with E-state index in [0.717, 1.165) is 11.1 Å². The molecule has 1 atom stereocenters. The Labute approximate surface area is 145 Å². The summed E-state index contributed by atoms with van der Waals surface area (Å²) in [4.78, 5) is 26.0. The second kappa shape index (κ2) is 7.61. The van der Waals surface area contributed by atoms with Crippen molar-refractivity contribution in [1.82, 2.24) is 10.3 Å². The molecule has 0 bridgehead atoms. The Balaban J connectivity index is 1.53. The lowest BCUT2D eigenvalue weighted by molar-refractivity contribution is -0.129. The van der Waals surface area contributed by atoms with Crippen LogP contribution in [-0.4, -0.2) is 34.6 Å². The molecule has 1 unspecified atom stereocenters. The molecule has 0 spiro atoms. The van der Waals surface area contributed by atoms with Gasteiger partial charge in [0.1, 0.15) is 5.75 Å². The molecule has 6 heteroatoms. The van der Waals surface area contributed by atoms with Gasteiger partial charge in [0, 0.05) is 19.5 Å². The van der Waals surface area contributed by atoms with Crippen LogP contribution in [0.2, 0.25) is 0 Å². The van der Waals surface area contributed by atoms with E-state index in [0.29, 0.717) is 13.1 Å². The van der Waals surface area contributed by atoms with Crippen LogP contribution in [0.4, 0.5) is 0 Å². The minimum Gasteiger partial charge on any atom is -0.508 e. The van der Waals surface area contributed by atoms with Crippen LogP contribution < -0.4 is 5.43 Å². The molecule has 0 saturated carbocycles. The van der Waals surface area contributed by atoms with Gasteiger partial charge >= 0.3 is 0 Å². The van der Waals surface area contributed by atoms with Crippen LogP contribution in [0.5, 0.6) is 5.75 Å². The predicted octanol–water partition coefficient (Wildman–Crippen LogP) is 1.89. The second-order valence-corrected chi connectivity index (χ2v) is 5.99. The predicted molar refractivity (Wildman–Crippen MR) is 93.8 cm³/mol. The van der Waals surface area contributed by atoms with E-state index in [1.54, 1.807) is 29.2 Å². The summed E-state index contributed by atoms with van der Waals surface area (Å²) >= 11 is 0. The molecule has 0 radical (unpaired) electrons. The highest BCUT2D eigenvalue weighted by atomic mass is 16.3. The van der Waals surface area contributed by atoms with Gasteiger partial charge in [-0.2, -0.15) is 5.10 Å². The SMILES string of the molecule is O=C(N/N=C/c1ccc(O)cc1)C1CC(=O)N(Cc2ccccc2)C1. The first-order valence-electron chi connectivity index (χ1n) is 8.05. The molecule has 0 aromatic heterocycles. The van der Waals surface area contributed by atoms with Gasteiger partial charge in [0.05, 0.1) is 12.1 Å². The number of carbonyl (C=O) groups is 2. The molecule has 128 valence electrons. The molecule has 1 aliphatic heterocycles. The largest absolute Gasteiger partial charge is 0.508 e. The number of phenols is 1. The number of likely N-dealkylation sites (tertiary alicyclic amines) is 1. The molecule has 25 heavy (non-hydrogen) atoms. The number of benzene rings is 2. The average molecular weight is 337 g/mol. The molecule has 2 aromatic rings. The maximum absolute atomic E-state index is 12.2. The lowest BCUT2D eigenvalue weighted by atomic mass is 10.1. The molecule has 6 nitrogen and oxygen atoms in total. The highest BCUT2D eigenvalue weighted by Gasteiger charge is 2.34. The van der Waals surface area contributed by atoms with Crippen LogP contribution in [-0.2, 0) is 16.1 Å². The third kappa shape index (κ3) is 4.44. The van der Waals surface area contributed by atoms with E-state index in [9.17, 15) is 14.7 Å². The maximum Gasteiger partial charge on any atom is 0.245 e. The molecule has 0 aliphatic carbocycles. The summed E-state index contributed by atoms with van der Waals surface area (Å²) in [5.41, 5.74) is 4.28. The number of nitrogens with zero attached hydrogens (tertiary/aromatic N) is 2. The van der Waals surface area contributed by atoms with Gasteiger partial charge in [-0.15, -0.1) is 0 Å². The highest BCUT2D eigenvalue weighted by molar-refractivity contribution is 5.90. The Hall–Kier alpha value is -3.15. The van der Waals surface area contributed by atoms with E-state index in [-0.39, 0.29) is 24.0 Å². The van der Waals surface area contributed by atoms with Gasteiger partial charge in [-0.3, -0.25) is 9.59 Å². The third-order valence-electron chi connectivity index (χ3n) is 4.08. The summed E-state index contributed by atoms with van der Waals surface area (Å²) in [5.74, 6) is -0.511. The Morgan fingerprint density at radius 2 is 1.92 bits per heavy atom. The van der Waals surface area contributed by atoms with E-state index >= 15 is 0 Å². The number of hydrogen-bond donors (Lipinski definition) is 2. The number of hydrazone groups is 1. The number of nitrogens with one attached hydrogen (secondary N) is 1. The van der Waals surface area contributed by atoms with Crippen molar-refractivity contribution in [2.75, 3.05) is 6.54 Å². The maximum atomic E-state index is 12.2. The van der Waals surface area contributed by atoms with Crippen molar-refractivity contribution in [3.05, 3.63) is 65.7 Å². The number of phenolic OH excluding ortho intramolecular Hbond substituents is 1. The van der Waals surface area contributed by atoms with Gasteiger partial charge in [0.15, 0.2) is 0 Å². The van der Waals surface area contributed by atoms with Crippen LogP contribution >= 0.6 is 0 Å². The number of amides is 2. The van der Waals surface area contributed by atoms with Crippen molar-refractivity contribution in [3.8, 4) is 5.75 Å². The van der Waals surface area contributed by atoms with Gasteiger partial charge < -0.3 is 10.0 Å². The quantitative estimate of drug-likeness (QED) is 0.646. The minimum absolute atomic E-state index is 0.0217. The molecule has 1 fully saturated rings. The van der Waals surface area contributed by atoms with E-state index in [2.05, 4.69) is 10.5 Å². The van der Waals surface area contributed by atoms with E-state index in [4.69, 9.17) is 0 Å². The number of hydrogen-bond acceptors (Lipinski definition) is 4. The Morgan fingerprint density at radius 1 is 1.20 bits per heavy atom. The van der Waals surface area contributed by atoms with Crippen molar-refractivity contribution >= 4 is 18.0 Å². The van der Waals surface area contributed by atoms with Crippen molar-refractivity contribution in [2.24, 2.45) is 11.0 Å². The normalized spacial score (nSPS) is 17.2. The zero-order valence-electron chi connectivity index (χ0n) is 13.6. The smallest absolute Gasteiger partial charge is 0.245 e. The standard InChI is InChI=1S/C19H19N3O3/c23-17-8-6-14(7-9-17)11-20-21-19(25)16-10-18(24)22(13-16)12-15-4-2-1-3-5-15/h1-9,11,16,23H,10,12-13H2,(H,21,25)/b20-11+. The fourth-order valence-corrected chi connectivity index (χ4v) is 2.73. The van der Waals surface area contributed by atoms with E-state index in [1.807, 2.05) is 30.3 Å². The summed E-state index contributed by atoms with van der Waals surface area (Å²) in [6, 6.07) is 16.2. The van der Waals surface area contributed by atoms with Crippen molar-refractivity contribution in [3.63, 3.8) is 0 Å². The highest BCUT2D eigenvalue weighted by Crippen LogP contribution is 2.20. The summed E-state index contributed by atoms with van der Waals surface area (Å²) in [7, 11) is 0. The Morgan fingerprint density at radius 3 is 2.64 bits per heavy atom. The number of aromatic hydroxyl groups is 1. The molecular formula is C19H19N3O3. The van der Waals surface area contributed by atoms with Gasteiger partial charge in [-0.25, -0.2) is 5.43 Å². The van der Waals surface area contributed by atoms with Gasteiger partial charge in [-0.05, 0) is 35.4 Å². The zero-order chi connectivity index (χ0) is 17.6. The second-order valence-electron chi connectivity index (χ2n) is 5.99. The van der Waals surface area contributed by atoms with Gasteiger partial charge in [-0.1, -0.05) is 30.3 Å². The Kier molecular flexibility index (Phi) is 5.09. The zero-order valence-corrected chi connectivity index (χ0v) is 13.6. The first-order valence-corrected chi connectivity index (χ1v) is 8.05. The van der Waals surface area contributed by atoms with E-state index < -0.39 is 5.92 Å². The molecular weight excluding hydrogens is 318 g/mol. The topological polar surface area (TPSA) is 82.0 Å². The van der Waals surface area contributed by atoms with Crippen LogP contribution in [0.3, 0.4) is 0 Å². The van der Waals surface area contributed by atoms with Crippen LogP contribution in [0.15, 0.2) is 59.7 Å². The molecule has 1 heterocycles. The van der Waals surface area contributed by atoms with Crippen LogP contribution in [0.1, 0.15) is 17.5 Å². The molecule has 2 N–H and O–H groups in total. The first-order chi connectivity index (χ1) is 12.1. The van der Waals surface area contributed by atoms with Gasteiger partial charge in [0.2, 0.25) is 11.8 Å². The minimum atomic E-state index is -0.395. The van der Waals surface area contributed by atoms with Crippen LogP contribution in [0, 0.1) is 5.92 Å². The molecule has 2 aromatic carbocycles. The summed E-state index contributed by atoms with van der Waals surface area (Å²) in [6.07, 6.45) is 1.70. The summed E-state index contributed by atoms with van der Waals surface area (Å²) in [6.45, 7) is 0.911. The third-order valence-corrected chi connectivity index (χ3v) is 4.08. The van der Waals surface area contributed by atoms with Crippen molar-refractivity contribution < 1.29 is 14.7 Å². The first kappa shape index (κ1) is 16.7. The van der Waals surface area contributed by atoms with Crippen molar-refractivity contribution in [1.29, 1.82) is 0 Å². The number of rotatable bonds is 5. The average Bonchev–Trinajstić information content (AvgIpc) is 2.98. The monoisotopic (exact) mass is 337 g/mol. The molecule has 1 saturated heterocycles. The lowest BCUT2D eigenvalue weighted by Gasteiger charge is -2.16. The van der Waals surface area contributed by atoms with E-state index in [1.165, 1.54) is 6.21 Å². The summed E-state index contributed by atoms with van der Waals surface area (Å²) in [5, 5.41) is 13.1. The Bertz CT molecular complexity index is 772. The summed E-state index contributed by atoms with van der Waals surface area (Å²) < 4.78 is 0. The lowest BCUT2D eigenvalue weighted by Crippen LogP contribution is -2.30. The number of carbonyl (C=O) groups excluding carboxylic acids is 2. The molecule has 3 rings (SSSR count). The fourth-order valence-electron chi connectivity index (χ4n) is 2.73.